The summed E-state index contributed by atoms with van der Waals surface area (Å²) < 4.78 is 18.5. The lowest BCUT2D eigenvalue weighted by molar-refractivity contribution is 0.186. The molecule has 0 aliphatic heterocycles. The average Bonchev–Trinajstić information content (AvgIpc) is 3.03. The predicted octanol–water partition coefficient (Wildman–Crippen LogP) is 3.02. The number of nitrogens with one attached hydrogen (secondary N) is 1. The van der Waals surface area contributed by atoms with Crippen molar-refractivity contribution in [2.24, 2.45) is 17.3 Å². The van der Waals surface area contributed by atoms with Crippen LogP contribution in [0.5, 0.6) is 0 Å². The zero-order chi connectivity index (χ0) is 14.0. The molecule has 3 heteroatoms. The monoisotopic (exact) mass is 277 g/mol. The SMILES string of the molecule is COCCNCC1(Cc2cccc(F)c2)CC2CC2C1. The Kier molecular flexibility index (Phi) is 4.08. The molecule has 20 heavy (non-hydrogen) atoms. The van der Waals surface area contributed by atoms with Crippen molar-refractivity contribution in [3.8, 4) is 0 Å². The van der Waals surface area contributed by atoms with Gasteiger partial charge in [0, 0.05) is 20.2 Å². The van der Waals surface area contributed by atoms with Gasteiger partial charge >= 0.3 is 0 Å². The highest BCUT2D eigenvalue weighted by Gasteiger charge is 2.53. The molecule has 0 radical (unpaired) electrons. The van der Waals surface area contributed by atoms with Crippen LogP contribution in [0.25, 0.3) is 0 Å². The van der Waals surface area contributed by atoms with E-state index in [1.54, 1.807) is 13.2 Å². The van der Waals surface area contributed by atoms with E-state index >= 15 is 0 Å². The molecule has 2 unspecified atom stereocenters. The lowest BCUT2D eigenvalue weighted by Crippen LogP contribution is -2.36. The third-order valence-corrected chi connectivity index (χ3v) is 4.91. The van der Waals surface area contributed by atoms with Crippen LogP contribution in [0, 0.1) is 23.1 Å². The van der Waals surface area contributed by atoms with Crippen LogP contribution in [0.15, 0.2) is 24.3 Å². The molecule has 2 atom stereocenters. The maximum atomic E-state index is 13.4. The van der Waals surface area contributed by atoms with Crippen LogP contribution in [0.3, 0.4) is 0 Å². The number of benzene rings is 1. The Labute approximate surface area is 120 Å². The molecule has 2 aliphatic rings. The van der Waals surface area contributed by atoms with Crippen LogP contribution in [-0.2, 0) is 11.2 Å². The number of methoxy groups -OCH3 is 1. The van der Waals surface area contributed by atoms with Gasteiger partial charge in [-0.3, -0.25) is 0 Å². The Bertz CT molecular complexity index is 452. The second-order valence-electron chi connectivity index (χ2n) is 6.64. The fourth-order valence-electron chi connectivity index (χ4n) is 3.96. The molecule has 2 saturated carbocycles. The van der Waals surface area contributed by atoms with Crippen molar-refractivity contribution in [2.75, 3.05) is 26.8 Å². The topological polar surface area (TPSA) is 21.3 Å². The summed E-state index contributed by atoms with van der Waals surface area (Å²) in [7, 11) is 1.73. The summed E-state index contributed by atoms with van der Waals surface area (Å²) in [6.45, 7) is 2.68. The van der Waals surface area contributed by atoms with E-state index < -0.39 is 0 Å². The van der Waals surface area contributed by atoms with Crippen LogP contribution in [0.1, 0.15) is 24.8 Å². The van der Waals surface area contributed by atoms with Crippen LogP contribution >= 0.6 is 0 Å². The zero-order valence-corrected chi connectivity index (χ0v) is 12.2. The Morgan fingerprint density at radius 3 is 2.85 bits per heavy atom. The summed E-state index contributed by atoms with van der Waals surface area (Å²) in [6.07, 6.45) is 5.02. The van der Waals surface area contributed by atoms with Crippen molar-refractivity contribution in [3.63, 3.8) is 0 Å². The van der Waals surface area contributed by atoms with Gasteiger partial charge in [0.15, 0.2) is 0 Å². The smallest absolute Gasteiger partial charge is 0.123 e. The number of fused-ring (bicyclic) bond motifs is 1. The van der Waals surface area contributed by atoms with Gasteiger partial charge in [0.2, 0.25) is 0 Å². The fraction of sp³-hybridized carbons (Fsp3) is 0.647. The standard InChI is InChI=1S/C17H24FNO/c1-20-6-5-19-12-17(10-14-8-15(14)11-17)9-13-3-2-4-16(18)7-13/h2-4,7,14-15,19H,5-6,8-12H2,1H3. The lowest BCUT2D eigenvalue weighted by Gasteiger charge is -2.31. The summed E-state index contributed by atoms with van der Waals surface area (Å²) in [5, 5.41) is 3.53. The summed E-state index contributed by atoms with van der Waals surface area (Å²) in [4.78, 5) is 0. The van der Waals surface area contributed by atoms with Crippen molar-refractivity contribution < 1.29 is 9.13 Å². The molecule has 2 aliphatic carbocycles. The van der Waals surface area contributed by atoms with Gasteiger partial charge in [-0.1, -0.05) is 12.1 Å². The van der Waals surface area contributed by atoms with E-state index in [9.17, 15) is 4.39 Å². The first-order valence-electron chi connectivity index (χ1n) is 7.65. The van der Waals surface area contributed by atoms with Crippen molar-refractivity contribution in [1.29, 1.82) is 0 Å². The van der Waals surface area contributed by atoms with Crippen LogP contribution < -0.4 is 5.32 Å². The van der Waals surface area contributed by atoms with Gasteiger partial charge in [-0.2, -0.15) is 0 Å². The Balaban J connectivity index is 1.63. The van der Waals surface area contributed by atoms with Gasteiger partial charge in [0.25, 0.3) is 0 Å². The summed E-state index contributed by atoms with van der Waals surface area (Å²) in [5.74, 6) is 1.76. The largest absolute Gasteiger partial charge is 0.383 e. The molecule has 0 bridgehead atoms. The second kappa shape index (κ2) is 5.82. The molecular formula is C17H24FNO. The highest BCUT2D eigenvalue weighted by atomic mass is 19.1. The maximum absolute atomic E-state index is 13.4. The van der Waals surface area contributed by atoms with E-state index in [4.69, 9.17) is 4.74 Å². The van der Waals surface area contributed by atoms with Gasteiger partial charge in [-0.05, 0) is 60.6 Å². The number of hydrogen-bond donors (Lipinski definition) is 1. The molecule has 1 aromatic rings. The minimum Gasteiger partial charge on any atom is -0.383 e. The van der Waals surface area contributed by atoms with Gasteiger partial charge in [0.1, 0.15) is 5.82 Å². The van der Waals surface area contributed by atoms with E-state index in [2.05, 4.69) is 11.4 Å². The molecule has 1 aromatic carbocycles. The third kappa shape index (κ3) is 3.21. The predicted molar refractivity (Wildman–Crippen MR) is 78.1 cm³/mol. The molecule has 0 saturated heterocycles. The molecule has 0 amide bonds. The summed E-state index contributed by atoms with van der Waals surface area (Å²) >= 11 is 0. The molecule has 3 rings (SSSR count). The number of halogens is 1. The van der Waals surface area contributed by atoms with E-state index in [0.717, 1.165) is 43.5 Å². The van der Waals surface area contributed by atoms with Crippen LogP contribution in [-0.4, -0.2) is 26.8 Å². The van der Waals surface area contributed by atoms with E-state index in [-0.39, 0.29) is 5.82 Å². The van der Waals surface area contributed by atoms with Crippen molar-refractivity contribution in [1.82, 2.24) is 5.32 Å². The average molecular weight is 277 g/mol. The number of rotatable bonds is 7. The molecule has 0 aromatic heterocycles. The highest BCUT2D eigenvalue weighted by Crippen LogP contribution is 2.60. The number of ether oxygens (including phenoxy) is 1. The molecule has 2 nitrogen and oxygen atoms in total. The van der Waals surface area contributed by atoms with E-state index in [1.807, 2.05) is 6.07 Å². The minimum atomic E-state index is -0.117. The van der Waals surface area contributed by atoms with Crippen LogP contribution in [0.4, 0.5) is 4.39 Å². The summed E-state index contributed by atoms with van der Waals surface area (Å²) in [6, 6.07) is 7.11. The van der Waals surface area contributed by atoms with E-state index in [1.165, 1.54) is 25.3 Å². The van der Waals surface area contributed by atoms with Crippen molar-refractivity contribution >= 4 is 0 Å². The number of hydrogen-bond acceptors (Lipinski definition) is 2. The fourth-order valence-corrected chi connectivity index (χ4v) is 3.96. The zero-order valence-electron chi connectivity index (χ0n) is 12.2. The van der Waals surface area contributed by atoms with Gasteiger partial charge in [-0.25, -0.2) is 4.39 Å². The molecule has 1 N–H and O–H groups in total. The first-order chi connectivity index (χ1) is 9.71. The molecule has 0 heterocycles. The van der Waals surface area contributed by atoms with Crippen molar-refractivity contribution in [2.45, 2.75) is 25.7 Å². The third-order valence-electron chi connectivity index (χ3n) is 4.91. The second-order valence-corrected chi connectivity index (χ2v) is 6.64. The quantitative estimate of drug-likeness (QED) is 0.774. The Hall–Kier alpha value is -0.930. The lowest BCUT2D eigenvalue weighted by atomic mass is 9.77. The maximum Gasteiger partial charge on any atom is 0.123 e. The molecular weight excluding hydrogens is 253 g/mol. The minimum absolute atomic E-state index is 0.117. The molecule has 2 fully saturated rings. The first-order valence-corrected chi connectivity index (χ1v) is 7.65. The first kappa shape index (κ1) is 14.0. The Morgan fingerprint density at radius 2 is 2.15 bits per heavy atom. The summed E-state index contributed by atoms with van der Waals surface area (Å²) in [5.41, 5.74) is 1.47. The van der Waals surface area contributed by atoms with E-state index in [0.29, 0.717) is 5.41 Å². The normalized spacial score (nSPS) is 31.3. The van der Waals surface area contributed by atoms with Gasteiger partial charge < -0.3 is 10.1 Å². The van der Waals surface area contributed by atoms with Crippen molar-refractivity contribution in [3.05, 3.63) is 35.6 Å². The van der Waals surface area contributed by atoms with Gasteiger partial charge in [-0.15, -0.1) is 0 Å². The Morgan fingerprint density at radius 1 is 1.35 bits per heavy atom. The van der Waals surface area contributed by atoms with Gasteiger partial charge in [0.05, 0.1) is 6.61 Å². The molecule has 110 valence electrons. The highest BCUT2D eigenvalue weighted by molar-refractivity contribution is 5.20. The van der Waals surface area contributed by atoms with Crippen LogP contribution in [0.2, 0.25) is 0 Å². The molecule has 0 spiro atoms.